The average Bonchev–Trinajstić information content (AvgIpc) is 2.62. The van der Waals surface area contributed by atoms with Crippen molar-refractivity contribution in [2.24, 2.45) is 0 Å². The number of nitrogens with zero attached hydrogens (tertiary/aromatic N) is 2. The van der Waals surface area contributed by atoms with Crippen molar-refractivity contribution in [1.29, 1.82) is 0 Å². The maximum atomic E-state index is 12.9. The molecule has 1 aromatic heterocycles. The Labute approximate surface area is 143 Å². The number of rotatable bonds is 4. The van der Waals surface area contributed by atoms with Gasteiger partial charge in [-0.05, 0) is 50.8 Å². The van der Waals surface area contributed by atoms with Crippen molar-refractivity contribution in [3.8, 4) is 5.88 Å². The maximum Gasteiger partial charge on any atom is 0.254 e. The molecule has 1 aliphatic heterocycles. The number of amides is 1. The van der Waals surface area contributed by atoms with E-state index in [0.717, 1.165) is 36.9 Å². The van der Waals surface area contributed by atoms with Crippen molar-refractivity contribution < 1.29 is 9.53 Å². The van der Waals surface area contributed by atoms with Crippen LogP contribution in [0.3, 0.4) is 0 Å². The molecule has 1 atom stereocenters. The van der Waals surface area contributed by atoms with E-state index >= 15 is 0 Å². The van der Waals surface area contributed by atoms with Gasteiger partial charge in [0, 0.05) is 24.4 Å². The van der Waals surface area contributed by atoms with Crippen molar-refractivity contribution >= 4 is 5.91 Å². The normalized spacial score (nSPS) is 17.8. The molecule has 1 fully saturated rings. The molecule has 4 nitrogen and oxygen atoms in total. The highest BCUT2D eigenvalue weighted by atomic mass is 16.5. The molecular formula is C20H24N2O2. The minimum absolute atomic E-state index is 0.0899. The largest absolute Gasteiger partial charge is 0.475 e. The number of pyridine rings is 1. The van der Waals surface area contributed by atoms with E-state index in [0.29, 0.717) is 5.88 Å². The highest BCUT2D eigenvalue weighted by Gasteiger charge is 2.28. The fourth-order valence-corrected chi connectivity index (χ4v) is 3.17. The second-order valence-corrected chi connectivity index (χ2v) is 6.47. The monoisotopic (exact) mass is 324 g/mol. The molecule has 24 heavy (non-hydrogen) atoms. The predicted octanol–water partition coefficient (Wildman–Crippen LogP) is 4.24. The molecule has 4 heteroatoms. The number of hydrogen-bond donors (Lipinski definition) is 0. The number of carbonyl (C=O) groups excluding carboxylic acids is 1. The number of benzene rings is 1. The molecule has 1 unspecified atom stereocenters. The third kappa shape index (κ3) is 3.75. The molecule has 0 N–H and O–H groups in total. The number of aromatic nitrogens is 1. The molecule has 0 saturated carbocycles. The topological polar surface area (TPSA) is 42.4 Å². The lowest BCUT2D eigenvalue weighted by Crippen LogP contribution is -2.38. The first-order valence-corrected chi connectivity index (χ1v) is 8.64. The van der Waals surface area contributed by atoms with Crippen LogP contribution in [0.2, 0.25) is 0 Å². The van der Waals surface area contributed by atoms with Gasteiger partial charge in [-0.3, -0.25) is 4.79 Å². The minimum atomic E-state index is 0.0899. The molecule has 0 spiro atoms. The number of likely N-dealkylation sites (tertiary alicyclic amines) is 1. The molecule has 0 aliphatic carbocycles. The first-order chi connectivity index (χ1) is 11.6. The molecule has 2 heterocycles. The van der Waals surface area contributed by atoms with Gasteiger partial charge in [0.1, 0.15) is 0 Å². The van der Waals surface area contributed by atoms with Crippen molar-refractivity contribution in [1.82, 2.24) is 9.88 Å². The molecule has 126 valence electrons. The van der Waals surface area contributed by atoms with Gasteiger partial charge in [-0.15, -0.1) is 0 Å². The van der Waals surface area contributed by atoms with Crippen molar-refractivity contribution in [3.63, 3.8) is 0 Å². The summed E-state index contributed by atoms with van der Waals surface area (Å²) in [5, 5.41) is 0. The lowest BCUT2D eigenvalue weighted by molar-refractivity contribution is 0.0611. The Morgan fingerprint density at radius 1 is 1.17 bits per heavy atom. The van der Waals surface area contributed by atoms with Crippen molar-refractivity contribution in [2.75, 3.05) is 6.54 Å². The van der Waals surface area contributed by atoms with Gasteiger partial charge in [-0.2, -0.15) is 0 Å². The quantitative estimate of drug-likeness (QED) is 0.845. The Balaban J connectivity index is 1.80. The lowest BCUT2D eigenvalue weighted by atomic mass is 9.95. The van der Waals surface area contributed by atoms with Gasteiger partial charge in [0.2, 0.25) is 5.88 Å². The third-order valence-electron chi connectivity index (χ3n) is 4.28. The molecule has 1 aliphatic rings. The molecule has 1 saturated heterocycles. The van der Waals surface area contributed by atoms with Gasteiger partial charge < -0.3 is 9.64 Å². The Hall–Kier alpha value is -2.36. The van der Waals surface area contributed by atoms with Crippen LogP contribution >= 0.6 is 0 Å². The fraction of sp³-hybridized carbons (Fsp3) is 0.400. The Kier molecular flexibility index (Phi) is 5.14. The SMILES string of the molecule is CC(C)Oc1ccc(C2CCCCN2C(=O)c2ccccc2)cn1. The van der Waals surface area contributed by atoms with E-state index < -0.39 is 0 Å². The maximum absolute atomic E-state index is 12.9. The predicted molar refractivity (Wildman–Crippen MR) is 94.1 cm³/mol. The van der Waals surface area contributed by atoms with Crippen LogP contribution in [0.5, 0.6) is 5.88 Å². The van der Waals surface area contributed by atoms with Crippen molar-refractivity contribution in [3.05, 3.63) is 59.8 Å². The van der Waals surface area contributed by atoms with Crippen LogP contribution < -0.4 is 4.74 Å². The van der Waals surface area contributed by atoms with Crippen molar-refractivity contribution in [2.45, 2.75) is 45.3 Å². The Morgan fingerprint density at radius 2 is 1.96 bits per heavy atom. The van der Waals surface area contributed by atoms with Crippen LogP contribution in [0.25, 0.3) is 0 Å². The Morgan fingerprint density at radius 3 is 2.62 bits per heavy atom. The third-order valence-corrected chi connectivity index (χ3v) is 4.28. The van der Waals surface area contributed by atoms with Gasteiger partial charge in [-0.25, -0.2) is 4.98 Å². The summed E-state index contributed by atoms with van der Waals surface area (Å²) in [6.45, 7) is 4.76. The van der Waals surface area contributed by atoms with Gasteiger partial charge in [0.05, 0.1) is 12.1 Å². The summed E-state index contributed by atoms with van der Waals surface area (Å²) < 4.78 is 5.61. The van der Waals surface area contributed by atoms with Gasteiger partial charge in [0.15, 0.2) is 0 Å². The summed E-state index contributed by atoms with van der Waals surface area (Å²) in [4.78, 5) is 19.3. The van der Waals surface area contributed by atoms with E-state index in [-0.39, 0.29) is 18.1 Å². The van der Waals surface area contributed by atoms with Crippen LogP contribution in [-0.2, 0) is 0 Å². The zero-order valence-corrected chi connectivity index (χ0v) is 14.3. The van der Waals surface area contributed by atoms with E-state index in [2.05, 4.69) is 4.98 Å². The summed E-state index contributed by atoms with van der Waals surface area (Å²) in [5.41, 5.74) is 1.83. The zero-order valence-electron chi connectivity index (χ0n) is 14.3. The minimum Gasteiger partial charge on any atom is -0.475 e. The highest BCUT2D eigenvalue weighted by molar-refractivity contribution is 5.94. The summed E-state index contributed by atoms with van der Waals surface area (Å²) in [7, 11) is 0. The summed E-state index contributed by atoms with van der Waals surface area (Å²) >= 11 is 0. The number of ether oxygens (including phenoxy) is 1. The van der Waals surface area contributed by atoms with Crippen LogP contribution in [0.4, 0.5) is 0 Å². The summed E-state index contributed by atoms with van der Waals surface area (Å²) in [5.74, 6) is 0.730. The van der Waals surface area contributed by atoms with Gasteiger partial charge >= 0.3 is 0 Å². The fourth-order valence-electron chi connectivity index (χ4n) is 3.17. The summed E-state index contributed by atoms with van der Waals surface area (Å²) in [6.07, 6.45) is 5.11. The second kappa shape index (κ2) is 7.47. The zero-order chi connectivity index (χ0) is 16.9. The Bertz CT molecular complexity index is 668. The number of hydrogen-bond acceptors (Lipinski definition) is 3. The molecule has 3 rings (SSSR count). The van der Waals surface area contributed by atoms with Crippen LogP contribution in [0, 0.1) is 0 Å². The van der Waals surface area contributed by atoms with E-state index in [1.807, 2.05) is 67.4 Å². The highest BCUT2D eigenvalue weighted by Crippen LogP contribution is 2.32. The number of piperidine rings is 1. The molecule has 1 amide bonds. The van der Waals surface area contributed by atoms with E-state index in [1.54, 1.807) is 0 Å². The second-order valence-electron chi connectivity index (χ2n) is 6.47. The summed E-state index contributed by atoms with van der Waals surface area (Å²) in [6, 6.07) is 13.5. The molecule has 0 bridgehead atoms. The molecule has 0 radical (unpaired) electrons. The van der Waals surface area contributed by atoms with Gasteiger partial charge in [0.25, 0.3) is 5.91 Å². The molecule has 1 aromatic carbocycles. The van der Waals surface area contributed by atoms with E-state index in [1.165, 1.54) is 0 Å². The first-order valence-electron chi connectivity index (χ1n) is 8.64. The van der Waals surface area contributed by atoms with E-state index in [4.69, 9.17) is 4.74 Å². The average molecular weight is 324 g/mol. The van der Waals surface area contributed by atoms with Crippen LogP contribution in [-0.4, -0.2) is 28.4 Å². The van der Waals surface area contributed by atoms with Gasteiger partial charge in [-0.1, -0.05) is 24.3 Å². The van der Waals surface area contributed by atoms with Crippen LogP contribution in [0.15, 0.2) is 48.7 Å². The molecular weight excluding hydrogens is 300 g/mol. The lowest BCUT2D eigenvalue weighted by Gasteiger charge is -2.36. The number of carbonyl (C=O) groups is 1. The molecule has 2 aromatic rings. The smallest absolute Gasteiger partial charge is 0.254 e. The first kappa shape index (κ1) is 16.5. The standard InChI is InChI=1S/C20H24N2O2/c1-15(2)24-19-12-11-17(14-21-19)18-10-6-7-13-22(18)20(23)16-8-4-3-5-9-16/h3-5,8-9,11-12,14-15,18H,6-7,10,13H2,1-2H3. The van der Waals surface area contributed by atoms with Crippen LogP contribution in [0.1, 0.15) is 55.1 Å². The van der Waals surface area contributed by atoms with E-state index in [9.17, 15) is 4.79 Å².